The van der Waals surface area contributed by atoms with Gasteiger partial charge in [0.15, 0.2) is 0 Å². The number of piperazine rings is 1. The minimum absolute atomic E-state index is 0.0511. The summed E-state index contributed by atoms with van der Waals surface area (Å²) in [5.74, 6) is -0.286. The molecule has 1 aliphatic rings. The van der Waals surface area contributed by atoms with Gasteiger partial charge in [-0.1, -0.05) is 48.0 Å². The first kappa shape index (κ1) is 18.1. The van der Waals surface area contributed by atoms with Crippen LogP contribution in [0.5, 0.6) is 0 Å². The molecule has 1 N–H and O–H groups in total. The average molecular weight is 351 g/mol. The summed E-state index contributed by atoms with van der Waals surface area (Å²) in [7, 11) is 2.05. The Labute approximate surface area is 154 Å². The maximum absolute atomic E-state index is 13.1. The molecule has 0 unspecified atom stereocenters. The molecule has 0 saturated carbocycles. The molecule has 5 heteroatoms. The summed E-state index contributed by atoms with van der Waals surface area (Å²) in [5.41, 5.74) is 2.45. The van der Waals surface area contributed by atoms with Crippen LogP contribution in [0.3, 0.4) is 0 Å². The fourth-order valence-corrected chi connectivity index (χ4v) is 3.06. The third kappa shape index (κ3) is 4.29. The number of carbonyl (C=O) groups is 2. The van der Waals surface area contributed by atoms with E-state index in [1.165, 1.54) is 0 Å². The van der Waals surface area contributed by atoms with E-state index in [4.69, 9.17) is 0 Å². The SMILES string of the molecule is Cc1ccc(C(=O)N[C@H](C(=O)N2CCN(C)CC2)c2ccccc2)cc1. The summed E-state index contributed by atoms with van der Waals surface area (Å²) < 4.78 is 0. The number of amides is 2. The molecule has 1 fully saturated rings. The maximum Gasteiger partial charge on any atom is 0.252 e. The molecular formula is C21H25N3O2. The van der Waals surface area contributed by atoms with Crippen LogP contribution in [0.25, 0.3) is 0 Å². The van der Waals surface area contributed by atoms with Crippen LogP contribution in [0.1, 0.15) is 27.5 Å². The van der Waals surface area contributed by atoms with Crippen molar-refractivity contribution < 1.29 is 9.59 Å². The molecule has 0 radical (unpaired) electrons. The number of likely N-dealkylation sites (N-methyl/N-ethyl adjacent to an activating group) is 1. The molecule has 2 amide bonds. The van der Waals surface area contributed by atoms with Crippen molar-refractivity contribution in [1.29, 1.82) is 0 Å². The lowest BCUT2D eigenvalue weighted by Crippen LogP contribution is -2.51. The van der Waals surface area contributed by atoms with E-state index in [0.29, 0.717) is 18.7 Å². The van der Waals surface area contributed by atoms with Crippen molar-refractivity contribution in [3.05, 3.63) is 71.3 Å². The van der Waals surface area contributed by atoms with E-state index in [1.807, 2.05) is 54.3 Å². The Morgan fingerprint density at radius 2 is 1.54 bits per heavy atom. The Bertz CT molecular complexity index is 751. The Morgan fingerprint density at radius 3 is 2.15 bits per heavy atom. The second-order valence-electron chi connectivity index (χ2n) is 6.81. The second kappa shape index (κ2) is 8.15. The van der Waals surface area contributed by atoms with Gasteiger partial charge < -0.3 is 15.1 Å². The highest BCUT2D eigenvalue weighted by atomic mass is 16.2. The number of nitrogens with one attached hydrogen (secondary N) is 1. The first-order valence-electron chi connectivity index (χ1n) is 8.94. The van der Waals surface area contributed by atoms with Crippen LogP contribution in [0.15, 0.2) is 54.6 Å². The van der Waals surface area contributed by atoms with Crippen molar-refractivity contribution in [3.63, 3.8) is 0 Å². The number of carbonyl (C=O) groups excluding carboxylic acids is 2. The van der Waals surface area contributed by atoms with Crippen molar-refractivity contribution >= 4 is 11.8 Å². The van der Waals surface area contributed by atoms with Crippen LogP contribution in [-0.2, 0) is 4.79 Å². The van der Waals surface area contributed by atoms with E-state index in [9.17, 15) is 9.59 Å². The van der Waals surface area contributed by atoms with Crippen LogP contribution >= 0.6 is 0 Å². The van der Waals surface area contributed by atoms with Gasteiger partial charge in [0.25, 0.3) is 5.91 Å². The molecule has 1 aliphatic heterocycles. The fraction of sp³-hybridized carbons (Fsp3) is 0.333. The Hall–Kier alpha value is -2.66. The van der Waals surface area contributed by atoms with Crippen LogP contribution < -0.4 is 5.32 Å². The van der Waals surface area contributed by atoms with Crippen molar-refractivity contribution in [1.82, 2.24) is 15.1 Å². The lowest BCUT2D eigenvalue weighted by atomic mass is 10.0. The highest BCUT2D eigenvalue weighted by molar-refractivity contribution is 5.97. The number of rotatable bonds is 4. The summed E-state index contributed by atoms with van der Waals surface area (Å²) in [6, 6.07) is 16.1. The van der Waals surface area contributed by atoms with Crippen LogP contribution in [0, 0.1) is 6.92 Å². The zero-order chi connectivity index (χ0) is 18.5. The molecule has 2 aromatic rings. The quantitative estimate of drug-likeness (QED) is 0.919. The standard InChI is InChI=1S/C21H25N3O2/c1-16-8-10-18(11-9-16)20(25)22-19(17-6-4-3-5-7-17)21(26)24-14-12-23(2)13-15-24/h3-11,19H,12-15H2,1-2H3,(H,22,25)/t19-/m0/s1. The molecule has 0 spiro atoms. The summed E-state index contributed by atoms with van der Waals surface area (Å²) >= 11 is 0. The van der Waals surface area contributed by atoms with Gasteiger partial charge in [-0.3, -0.25) is 9.59 Å². The van der Waals surface area contributed by atoms with Gasteiger partial charge in [0, 0.05) is 31.7 Å². The first-order valence-corrected chi connectivity index (χ1v) is 8.94. The van der Waals surface area contributed by atoms with Crippen molar-refractivity contribution in [3.8, 4) is 0 Å². The summed E-state index contributed by atoms with van der Waals surface area (Å²) in [4.78, 5) is 29.8. The molecule has 0 bridgehead atoms. The zero-order valence-electron chi connectivity index (χ0n) is 15.3. The summed E-state index contributed by atoms with van der Waals surface area (Å²) in [6.07, 6.45) is 0. The molecule has 26 heavy (non-hydrogen) atoms. The monoisotopic (exact) mass is 351 g/mol. The highest BCUT2D eigenvalue weighted by Crippen LogP contribution is 2.18. The predicted molar refractivity (Wildman–Crippen MR) is 102 cm³/mol. The van der Waals surface area contributed by atoms with Gasteiger partial charge in [0.2, 0.25) is 5.91 Å². The molecule has 0 aromatic heterocycles. The third-order valence-electron chi connectivity index (χ3n) is 4.78. The number of nitrogens with zero attached hydrogens (tertiary/aromatic N) is 2. The van der Waals surface area contributed by atoms with E-state index in [-0.39, 0.29) is 11.8 Å². The average Bonchev–Trinajstić information content (AvgIpc) is 2.67. The maximum atomic E-state index is 13.1. The summed E-state index contributed by atoms with van der Waals surface area (Å²) in [5, 5.41) is 2.93. The van der Waals surface area contributed by atoms with E-state index >= 15 is 0 Å². The van der Waals surface area contributed by atoms with Gasteiger partial charge >= 0.3 is 0 Å². The van der Waals surface area contributed by atoms with E-state index in [0.717, 1.165) is 24.2 Å². The van der Waals surface area contributed by atoms with Crippen molar-refractivity contribution in [2.75, 3.05) is 33.2 Å². The number of benzene rings is 2. The molecular weight excluding hydrogens is 326 g/mol. The Balaban J connectivity index is 1.80. The Morgan fingerprint density at radius 1 is 0.923 bits per heavy atom. The van der Waals surface area contributed by atoms with Crippen molar-refractivity contribution in [2.24, 2.45) is 0 Å². The van der Waals surface area contributed by atoms with Crippen molar-refractivity contribution in [2.45, 2.75) is 13.0 Å². The predicted octanol–water partition coefficient (Wildman–Crippen LogP) is 2.24. The lowest BCUT2D eigenvalue weighted by Gasteiger charge is -2.35. The molecule has 5 nitrogen and oxygen atoms in total. The van der Waals surface area contributed by atoms with Gasteiger partial charge in [0.05, 0.1) is 0 Å². The molecule has 0 aliphatic carbocycles. The van der Waals surface area contributed by atoms with Gasteiger partial charge in [-0.05, 0) is 31.7 Å². The van der Waals surface area contributed by atoms with Crippen LogP contribution in [0.4, 0.5) is 0 Å². The zero-order valence-corrected chi connectivity index (χ0v) is 15.3. The molecule has 1 saturated heterocycles. The molecule has 1 heterocycles. The van der Waals surface area contributed by atoms with E-state index in [2.05, 4.69) is 17.3 Å². The van der Waals surface area contributed by atoms with Gasteiger partial charge in [-0.15, -0.1) is 0 Å². The van der Waals surface area contributed by atoms with Gasteiger partial charge in [0.1, 0.15) is 6.04 Å². The topological polar surface area (TPSA) is 52.7 Å². The van der Waals surface area contributed by atoms with E-state index in [1.54, 1.807) is 12.1 Å². The largest absolute Gasteiger partial charge is 0.338 e. The number of hydrogen-bond donors (Lipinski definition) is 1. The Kier molecular flexibility index (Phi) is 5.68. The van der Waals surface area contributed by atoms with Crippen LogP contribution in [-0.4, -0.2) is 54.8 Å². The normalized spacial score (nSPS) is 16.2. The molecule has 2 aromatic carbocycles. The third-order valence-corrected chi connectivity index (χ3v) is 4.78. The molecule has 1 atom stereocenters. The first-order chi connectivity index (χ1) is 12.5. The highest BCUT2D eigenvalue weighted by Gasteiger charge is 2.29. The van der Waals surface area contributed by atoms with Gasteiger partial charge in [-0.2, -0.15) is 0 Å². The van der Waals surface area contributed by atoms with Crippen LogP contribution in [0.2, 0.25) is 0 Å². The molecule has 136 valence electrons. The minimum atomic E-state index is -0.673. The lowest BCUT2D eigenvalue weighted by molar-refractivity contribution is -0.135. The van der Waals surface area contributed by atoms with Gasteiger partial charge in [-0.25, -0.2) is 0 Å². The fourth-order valence-electron chi connectivity index (χ4n) is 3.06. The number of hydrogen-bond acceptors (Lipinski definition) is 3. The summed E-state index contributed by atoms with van der Waals surface area (Å²) in [6.45, 7) is 5.03. The van der Waals surface area contributed by atoms with E-state index < -0.39 is 6.04 Å². The smallest absolute Gasteiger partial charge is 0.252 e. The number of aryl methyl sites for hydroxylation is 1. The second-order valence-corrected chi connectivity index (χ2v) is 6.81. The molecule has 3 rings (SSSR count). The minimum Gasteiger partial charge on any atom is -0.338 e.